The standard InChI is InChI=1S/C16H18N4OS/c1-10(2)14(17)15(21)18-12-5-3-11(4-6-12)13-9-20-7-8-22-16(20)19-13/h3-10,14H,17H2,1-2H3,(H,18,21)/t14-/m0/s1. The van der Waals surface area contributed by atoms with Gasteiger partial charge in [0.15, 0.2) is 4.96 Å². The number of nitrogens with one attached hydrogen (secondary N) is 1. The SMILES string of the molecule is CC(C)[C@H](N)C(=O)Nc1ccc(-c2cn3ccsc3n2)cc1. The molecule has 5 nitrogen and oxygen atoms in total. The molecule has 0 spiro atoms. The Balaban J connectivity index is 1.75. The van der Waals surface area contributed by atoms with Gasteiger partial charge in [-0.25, -0.2) is 4.98 Å². The molecule has 1 atom stereocenters. The third-order valence-corrected chi connectivity index (χ3v) is 4.33. The average Bonchev–Trinajstić information content (AvgIpc) is 3.08. The van der Waals surface area contributed by atoms with E-state index in [1.807, 2.05) is 60.3 Å². The summed E-state index contributed by atoms with van der Waals surface area (Å²) in [4.78, 5) is 17.5. The number of amides is 1. The molecule has 0 aliphatic rings. The number of benzene rings is 1. The maximum absolute atomic E-state index is 11.9. The van der Waals surface area contributed by atoms with Gasteiger partial charge in [0.1, 0.15) is 0 Å². The fourth-order valence-corrected chi connectivity index (χ4v) is 2.82. The molecule has 0 fully saturated rings. The molecule has 3 rings (SSSR count). The van der Waals surface area contributed by atoms with E-state index in [2.05, 4.69) is 10.3 Å². The lowest BCUT2D eigenvalue weighted by Gasteiger charge is -2.15. The van der Waals surface area contributed by atoms with Crippen LogP contribution in [-0.4, -0.2) is 21.3 Å². The molecule has 3 aromatic rings. The third-order valence-electron chi connectivity index (χ3n) is 3.56. The number of carbonyl (C=O) groups is 1. The molecule has 0 saturated heterocycles. The lowest BCUT2D eigenvalue weighted by atomic mass is 10.0. The van der Waals surface area contributed by atoms with Crippen molar-refractivity contribution in [1.82, 2.24) is 9.38 Å². The highest BCUT2D eigenvalue weighted by Gasteiger charge is 2.17. The number of aromatic nitrogens is 2. The van der Waals surface area contributed by atoms with Crippen LogP contribution in [-0.2, 0) is 4.79 Å². The number of nitrogens with two attached hydrogens (primary N) is 1. The quantitative estimate of drug-likeness (QED) is 0.777. The van der Waals surface area contributed by atoms with Gasteiger partial charge in [-0.15, -0.1) is 11.3 Å². The average molecular weight is 314 g/mol. The minimum atomic E-state index is -0.500. The van der Waals surface area contributed by atoms with E-state index in [0.717, 1.165) is 21.9 Å². The number of carbonyl (C=O) groups excluding carboxylic acids is 1. The predicted molar refractivity (Wildman–Crippen MR) is 89.9 cm³/mol. The molecule has 2 aromatic heterocycles. The number of nitrogens with zero attached hydrogens (tertiary/aromatic N) is 2. The maximum atomic E-state index is 11.9. The van der Waals surface area contributed by atoms with Gasteiger partial charge in [-0.05, 0) is 18.1 Å². The minimum Gasteiger partial charge on any atom is -0.325 e. The van der Waals surface area contributed by atoms with Gasteiger partial charge < -0.3 is 11.1 Å². The molecule has 0 aliphatic heterocycles. The number of imidazole rings is 1. The first-order valence-corrected chi connectivity index (χ1v) is 8.01. The van der Waals surface area contributed by atoms with E-state index >= 15 is 0 Å². The van der Waals surface area contributed by atoms with E-state index in [9.17, 15) is 4.79 Å². The van der Waals surface area contributed by atoms with Crippen LogP contribution >= 0.6 is 11.3 Å². The second-order valence-corrected chi connectivity index (χ2v) is 6.43. The molecule has 0 aliphatic carbocycles. The van der Waals surface area contributed by atoms with Gasteiger partial charge in [0, 0.05) is 29.0 Å². The molecule has 0 saturated carbocycles. The van der Waals surface area contributed by atoms with E-state index in [1.165, 1.54) is 0 Å². The Morgan fingerprint density at radius 3 is 2.68 bits per heavy atom. The largest absolute Gasteiger partial charge is 0.325 e. The Labute approximate surface area is 132 Å². The van der Waals surface area contributed by atoms with Crippen LogP contribution in [0.5, 0.6) is 0 Å². The van der Waals surface area contributed by atoms with E-state index in [1.54, 1.807) is 11.3 Å². The van der Waals surface area contributed by atoms with Crippen LogP contribution in [0, 0.1) is 5.92 Å². The number of anilines is 1. The van der Waals surface area contributed by atoms with Gasteiger partial charge >= 0.3 is 0 Å². The Morgan fingerprint density at radius 1 is 1.32 bits per heavy atom. The van der Waals surface area contributed by atoms with E-state index < -0.39 is 6.04 Å². The molecule has 2 heterocycles. The van der Waals surface area contributed by atoms with Crippen LogP contribution < -0.4 is 11.1 Å². The van der Waals surface area contributed by atoms with Crippen molar-refractivity contribution in [2.45, 2.75) is 19.9 Å². The Bertz CT molecular complexity index is 759. The fourth-order valence-electron chi connectivity index (χ4n) is 2.12. The zero-order valence-electron chi connectivity index (χ0n) is 12.5. The Morgan fingerprint density at radius 2 is 2.05 bits per heavy atom. The summed E-state index contributed by atoms with van der Waals surface area (Å²) in [5.41, 5.74) is 8.51. The van der Waals surface area contributed by atoms with Crippen LogP contribution in [0.3, 0.4) is 0 Å². The summed E-state index contributed by atoms with van der Waals surface area (Å²) < 4.78 is 2.00. The summed E-state index contributed by atoms with van der Waals surface area (Å²) in [5.74, 6) is -0.0528. The predicted octanol–water partition coefficient (Wildman–Crippen LogP) is 2.98. The first-order chi connectivity index (χ1) is 10.5. The van der Waals surface area contributed by atoms with Crippen molar-refractivity contribution in [2.75, 3.05) is 5.32 Å². The molecule has 114 valence electrons. The molecule has 3 N–H and O–H groups in total. The number of rotatable bonds is 4. The van der Waals surface area contributed by atoms with E-state index in [0.29, 0.717) is 0 Å². The zero-order chi connectivity index (χ0) is 15.7. The molecular weight excluding hydrogens is 296 g/mol. The van der Waals surface area contributed by atoms with E-state index in [-0.39, 0.29) is 11.8 Å². The Hall–Kier alpha value is -2.18. The third kappa shape index (κ3) is 2.88. The summed E-state index contributed by atoms with van der Waals surface area (Å²) in [5, 5.41) is 4.84. The molecule has 0 unspecified atom stereocenters. The summed E-state index contributed by atoms with van der Waals surface area (Å²) in [6.45, 7) is 3.86. The topological polar surface area (TPSA) is 72.4 Å². The second kappa shape index (κ2) is 5.90. The Kier molecular flexibility index (Phi) is 3.96. The van der Waals surface area contributed by atoms with Crippen molar-refractivity contribution in [2.24, 2.45) is 11.7 Å². The van der Waals surface area contributed by atoms with Crippen molar-refractivity contribution in [3.8, 4) is 11.3 Å². The fraction of sp³-hybridized carbons (Fsp3) is 0.250. The lowest BCUT2D eigenvalue weighted by molar-refractivity contribution is -0.118. The zero-order valence-corrected chi connectivity index (χ0v) is 13.3. The summed E-state index contributed by atoms with van der Waals surface area (Å²) >= 11 is 1.60. The maximum Gasteiger partial charge on any atom is 0.241 e. The minimum absolute atomic E-state index is 0.109. The highest BCUT2D eigenvalue weighted by Crippen LogP contribution is 2.23. The monoisotopic (exact) mass is 314 g/mol. The summed E-state index contributed by atoms with van der Waals surface area (Å²) in [6.07, 6.45) is 3.98. The molecule has 1 amide bonds. The van der Waals surface area contributed by atoms with Crippen LogP contribution in [0.2, 0.25) is 0 Å². The number of fused-ring (bicyclic) bond motifs is 1. The van der Waals surface area contributed by atoms with Gasteiger partial charge in [0.25, 0.3) is 0 Å². The van der Waals surface area contributed by atoms with Crippen LogP contribution in [0.1, 0.15) is 13.8 Å². The highest BCUT2D eigenvalue weighted by molar-refractivity contribution is 7.15. The smallest absolute Gasteiger partial charge is 0.241 e. The number of thiazole rings is 1. The van der Waals surface area contributed by atoms with Crippen molar-refractivity contribution in [3.05, 3.63) is 42.0 Å². The van der Waals surface area contributed by atoms with Gasteiger partial charge in [0.05, 0.1) is 11.7 Å². The number of hydrogen-bond acceptors (Lipinski definition) is 4. The first kappa shape index (κ1) is 14.7. The molecule has 0 radical (unpaired) electrons. The molecule has 22 heavy (non-hydrogen) atoms. The van der Waals surface area contributed by atoms with Crippen LogP contribution in [0.4, 0.5) is 5.69 Å². The van der Waals surface area contributed by atoms with Crippen LogP contribution in [0.15, 0.2) is 42.0 Å². The molecule has 6 heteroatoms. The van der Waals surface area contributed by atoms with Gasteiger partial charge in [-0.2, -0.15) is 0 Å². The second-order valence-electron chi connectivity index (χ2n) is 5.56. The normalized spacial score (nSPS) is 12.7. The van der Waals surface area contributed by atoms with Gasteiger partial charge in [-0.1, -0.05) is 26.0 Å². The summed E-state index contributed by atoms with van der Waals surface area (Å²) in [7, 11) is 0. The van der Waals surface area contributed by atoms with Crippen LogP contribution in [0.25, 0.3) is 16.2 Å². The van der Waals surface area contributed by atoms with Crippen molar-refractivity contribution >= 4 is 27.9 Å². The number of hydrogen-bond donors (Lipinski definition) is 2. The van der Waals surface area contributed by atoms with E-state index in [4.69, 9.17) is 5.73 Å². The van der Waals surface area contributed by atoms with Gasteiger partial charge in [0.2, 0.25) is 5.91 Å². The van der Waals surface area contributed by atoms with Crippen molar-refractivity contribution < 1.29 is 4.79 Å². The van der Waals surface area contributed by atoms with Gasteiger partial charge in [-0.3, -0.25) is 9.20 Å². The first-order valence-electron chi connectivity index (χ1n) is 7.13. The van der Waals surface area contributed by atoms with Crippen molar-refractivity contribution in [3.63, 3.8) is 0 Å². The molecule has 0 bridgehead atoms. The lowest BCUT2D eigenvalue weighted by Crippen LogP contribution is -2.39. The molecular formula is C16H18N4OS. The molecule has 1 aromatic carbocycles. The summed E-state index contributed by atoms with van der Waals surface area (Å²) in [6, 6.07) is 7.13. The van der Waals surface area contributed by atoms with Crippen molar-refractivity contribution in [1.29, 1.82) is 0 Å². The highest BCUT2D eigenvalue weighted by atomic mass is 32.1.